The summed E-state index contributed by atoms with van der Waals surface area (Å²) in [7, 11) is 0. The van der Waals surface area contributed by atoms with Crippen LogP contribution >= 0.6 is 0 Å². The molecule has 5 heterocycles. The second-order valence-electron chi connectivity index (χ2n) is 23.6. The molecule has 24 N–H and O–H groups in total. The maximum absolute atomic E-state index is 14.9. The first-order chi connectivity index (χ1) is 44.2. The number of benzene rings is 2. The molecule has 93 heavy (non-hydrogen) atoms. The molecule has 0 aliphatic carbocycles. The molecular weight excluding hydrogens is 1240 g/mol. The topological polar surface area (TPSA) is 587 Å². The molecule has 7 rings (SSSR count). The Bertz CT molecular complexity index is 2890. The van der Waals surface area contributed by atoms with E-state index < -0.39 is 227 Å². The molecule has 4 amide bonds. The minimum Gasteiger partial charge on any atom is -0.462 e. The van der Waals surface area contributed by atoms with Crippen molar-refractivity contribution in [3.05, 3.63) is 65.7 Å². The summed E-state index contributed by atoms with van der Waals surface area (Å²) in [6.45, 7) is 0.688. The third-order valence-corrected chi connectivity index (χ3v) is 16.5. The highest BCUT2D eigenvalue weighted by molar-refractivity contribution is 5.96. The van der Waals surface area contributed by atoms with Crippen LogP contribution in [0.25, 0.3) is 0 Å². The Morgan fingerprint density at radius 1 is 0.677 bits per heavy atom. The third-order valence-electron chi connectivity index (χ3n) is 16.5. The van der Waals surface area contributed by atoms with Crippen LogP contribution in [0.2, 0.25) is 0 Å². The van der Waals surface area contributed by atoms with E-state index in [2.05, 4.69) is 36.6 Å². The van der Waals surface area contributed by atoms with Crippen molar-refractivity contribution in [2.24, 2.45) is 33.1 Å². The standard InChI is InChI=1S/C57H85N11O25/c1-22(2)13-34(74)92-48-43(80)41(78)32(20-72)90-55(48)93-47-33(21-73)91-54(46(83)44(47)81)88-27-11-9-24(10-12-27)14-28(64-50(85)35(58)23(3)25-7-5-4-6-8-25)49(84)66-36(38(75)29-15-61-56(59)65-29)52(87)67-37(51(86)63-26(17-69)18-70)39(76)30-16-62-57(60)68(30)53-45(82)42(79)40(77)31(19-71)89-53/h4-12,17,22-23,26,28-33,35-48,53-55,70-73,75-83H,13-16,18-21,58H2,1-3H3,(H2,60,62)(H,63,86)(H,64,85)(H,66,84)(H,67,87)(H3,59,61,65)/t23?,26-,28+,29?,30?,31?,32?,33?,35+,36+,37+,38?,39?,40?,41?,42?,43?,44?,45?,46?,47?,48?,53?,54?,55?/m1/s1. The number of amides is 4. The summed E-state index contributed by atoms with van der Waals surface area (Å²) in [5.41, 5.74) is 19.5. The zero-order valence-corrected chi connectivity index (χ0v) is 50.7. The molecule has 0 spiro atoms. The van der Waals surface area contributed by atoms with Crippen LogP contribution in [-0.2, 0) is 58.9 Å². The Morgan fingerprint density at radius 3 is 1.87 bits per heavy atom. The summed E-state index contributed by atoms with van der Waals surface area (Å²) >= 11 is 0. The summed E-state index contributed by atoms with van der Waals surface area (Å²) in [5.74, 6) is -7.24. The van der Waals surface area contributed by atoms with Gasteiger partial charge in [-0.3, -0.25) is 34.0 Å². The van der Waals surface area contributed by atoms with Gasteiger partial charge in [0.15, 0.2) is 30.5 Å². The van der Waals surface area contributed by atoms with Crippen LogP contribution in [0.1, 0.15) is 44.2 Å². The number of guanidine groups is 2. The monoisotopic (exact) mass is 1320 g/mol. The van der Waals surface area contributed by atoms with Crippen LogP contribution in [0.3, 0.4) is 0 Å². The summed E-state index contributed by atoms with van der Waals surface area (Å²) in [6.07, 6.45) is -31.3. The molecule has 5 aliphatic rings. The highest BCUT2D eigenvalue weighted by atomic mass is 16.7. The molecule has 36 heteroatoms. The minimum atomic E-state index is -2.27. The third kappa shape index (κ3) is 17.5. The largest absolute Gasteiger partial charge is 0.462 e. The van der Waals surface area contributed by atoms with Crippen molar-refractivity contribution in [1.82, 2.24) is 31.5 Å². The smallest absolute Gasteiger partial charge is 0.306 e. The molecule has 36 nitrogen and oxygen atoms in total. The maximum atomic E-state index is 14.9. The van der Waals surface area contributed by atoms with Gasteiger partial charge >= 0.3 is 5.97 Å². The number of nitrogens with one attached hydrogen (secondary N) is 5. The number of hydrogen-bond acceptors (Lipinski definition) is 32. The molecular formula is C57H85N11O25. The fourth-order valence-corrected chi connectivity index (χ4v) is 11.1. The molecule has 25 atom stereocenters. The number of aliphatic hydroxyl groups is 13. The second kappa shape index (κ2) is 33.0. The Balaban J connectivity index is 1.14. The van der Waals surface area contributed by atoms with Gasteiger partial charge in [0, 0.05) is 18.8 Å². The van der Waals surface area contributed by atoms with Crippen molar-refractivity contribution < 1.29 is 124 Å². The summed E-state index contributed by atoms with van der Waals surface area (Å²) in [6, 6.07) is 2.06. The molecule has 0 saturated carbocycles. The maximum Gasteiger partial charge on any atom is 0.306 e. The fourth-order valence-electron chi connectivity index (χ4n) is 11.1. The quantitative estimate of drug-likeness (QED) is 0.0266. The summed E-state index contributed by atoms with van der Waals surface area (Å²) in [5, 5.41) is 153. The van der Waals surface area contributed by atoms with Gasteiger partial charge < -0.3 is 148 Å². The summed E-state index contributed by atoms with van der Waals surface area (Å²) in [4.78, 5) is 91.8. The zero-order valence-electron chi connectivity index (χ0n) is 50.7. The molecule has 0 radical (unpaired) electrons. The minimum absolute atomic E-state index is 0.0572. The normalized spacial score (nSPS) is 32.2. The zero-order chi connectivity index (χ0) is 68.3. The van der Waals surface area contributed by atoms with Crippen molar-refractivity contribution in [2.75, 3.05) is 39.5 Å². The lowest BCUT2D eigenvalue weighted by atomic mass is 9.93. The van der Waals surface area contributed by atoms with Crippen LogP contribution in [0, 0.1) is 5.92 Å². The molecule has 5 aliphatic heterocycles. The lowest BCUT2D eigenvalue weighted by Crippen LogP contribution is -2.70. The van der Waals surface area contributed by atoms with E-state index in [9.17, 15) is 95.2 Å². The molecule has 20 unspecified atom stereocenters. The molecule has 518 valence electrons. The SMILES string of the molecule is CC(C)CC(=O)OC1C(OC2C(CO)OC(Oc3ccc(C[C@H](NC(=O)[C@@H](N)C(C)c4ccccc4)C(=O)N[C@H](C(=O)N[C@H](C(=O)N[C@H](C=O)CO)C(O)C4CN=C(N)N4C4OC(CO)C(O)C(O)C4O)C(O)C4CN=C(N)N4)cc3)C(O)C2O)OC(CO)C(O)C1O. The predicted octanol–water partition coefficient (Wildman–Crippen LogP) is -11.1. The average molecular weight is 1320 g/mol. The first kappa shape index (κ1) is 73.5. The van der Waals surface area contributed by atoms with E-state index in [4.69, 9.17) is 45.6 Å². The van der Waals surface area contributed by atoms with E-state index in [1.807, 2.05) is 0 Å². The first-order valence-electron chi connectivity index (χ1n) is 29.9. The number of nitrogens with zero attached hydrogens (tertiary/aromatic N) is 3. The average Bonchev–Trinajstić information content (AvgIpc) is 1.77. The highest BCUT2D eigenvalue weighted by Crippen LogP contribution is 2.33. The van der Waals surface area contributed by atoms with Crippen LogP contribution in [0.5, 0.6) is 5.75 Å². The Morgan fingerprint density at radius 2 is 1.27 bits per heavy atom. The van der Waals surface area contributed by atoms with E-state index in [1.165, 1.54) is 24.3 Å². The lowest BCUT2D eigenvalue weighted by Gasteiger charge is -2.46. The van der Waals surface area contributed by atoms with E-state index in [0.29, 0.717) is 5.56 Å². The second-order valence-corrected chi connectivity index (χ2v) is 23.6. The number of esters is 1. The molecule has 0 aromatic heterocycles. The fraction of sp³-hybridized carbons (Fsp3) is 0.649. The Kier molecular flexibility index (Phi) is 26.0. The number of ether oxygens (including phenoxy) is 6. The molecule has 3 saturated heterocycles. The number of hydrogen-bond donors (Lipinski definition) is 21. The summed E-state index contributed by atoms with van der Waals surface area (Å²) < 4.78 is 34.4. The predicted molar refractivity (Wildman–Crippen MR) is 316 cm³/mol. The van der Waals surface area contributed by atoms with Crippen molar-refractivity contribution in [3.8, 4) is 5.75 Å². The van der Waals surface area contributed by atoms with Gasteiger partial charge in [0.1, 0.15) is 116 Å². The number of carbonyl (C=O) groups excluding carboxylic acids is 6. The van der Waals surface area contributed by atoms with Gasteiger partial charge in [-0.2, -0.15) is 0 Å². The lowest BCUT2D eigenvalue weighted by molar-refractivity contribution is -0.353. The van der Waals surface area contributed by atoms with Gasteiger partial charge in [-0.15, -0.1) is 0 Å². The van der Waals surface area contributed by atoms with Gasteiger partial charge in [-0.25, -0.2) is 0 Å². The van der Waals surface area contributed by atoms with Crippen LogP contribution in [0.4, 0.5) is 0 Å². The van der Waals surface area contributed by atoms with Gasteiger partial charge in [-0.05, 0) is 29.2 Å². The Hall–Kier alpha value is -6.92. The van der Waals surface area contributed by atoms with Crippen LogP contribution < -0.4 is 48.5 Å². The molecule has 0 bridgehead atoms. The number of aldehydes is 1. The number of carbonyl (C=O) groups is 6. The van der Waals surface area contributed by atoms with E-state index in [0.717, 1.165) is 4.90 Å². The van der Waals surface area contributed by atoms with Crippen molar-refractivity contribution in [2.45, 2.75) is 186 Å². The number of rotatable bonds is 29. The van der Waals surface area contributed by atoms with E-state index in [1.54, 1.807) is 51.1 Å². The first-order valence-corrected chi connectivity index (χ1v) is 29.9. The van der Waals surface area contributed by atoms with Gasteiger partial charge in [0.25, 0.3) is 0 Å². The van der Waals surface area contributed by atoms with Crippen molar-refractivity contribution in [1.29, 1.82) is 0 Å². The number of nitrogens with two attached hydrogens (primary N) is 3. The molecule has 2 aromatic carbocycles. The molecule has 3 fully saturated rings. The number of aliphatic imine (C=N–C) groups is 2. The molecule has 2 aromatic rings. The number of aliphatic hydroxyl groups excluding tert-OH is 13. The van der Waals surface area contributed by atoms with Crippen LogP contribution in [0.15, 0.2) is 64.6 Å². The Labute approximate surface area is 531 Å². The highest BCUT2D eigenvalue weighted by Gasteiger charge is 2.55. The van der Waals surface area contributed by atoms with Crippen LogP contribution in [-0.4, -0.2) is 305 Å². The van der Waals surface area contributed by atoms with E-state index >= 15 is 0 Å². The van der Waals surface area contributed by atoms with Gasteiger partial charge in [0.05, 0.1) is 57.6 Å². The van der Waals surface area contributed by atoms with Crippen molar-refractivity contribution >= 4 is 47.8 Å². The van der Waals surface area contributed by atoms with E-state index in [-0.39, 0.29) is 42.4 Å². The van der Waals surface area contributed by atoms with Gasteiger partial charge in [-0.1, -0.05) is 63.2 Å². The van der Waals surface area contributed by atoms with Crippen molar-refractivity contribution in [3.63, 3.8) is 0 Å². The van der Waals surface area contributed by atoms with Gasteiger partial charge in [0.2, 0.25) is 29.9 Å².